The zero-order valence-electron chi connectivity index (χ0n) is 8.89. The Morgan fingerprint density at radius 2 is 2.08 bits per heavy atom. The second-order valence-electron chi connectivity index (χ2n) is 4.12. The van der Waals surface area contributed by atoms with E-state index in [1.807, 2.05) is 0 Å². The molecule has 13 heavy (non-hydrogen) atoms. The van der Waals surface area contributed by atoms with Crippen LogP contribution in [0.1, 0.15) is 20.8 Å². The van der Waals surface area contributed by atoms with E-state index in [-0.39, 0.29) is 11.4 Å². The van der Waals surface area contributed by atoms with Crippen molar-refractivity contribution in [2.45, 2.75) is 20.8 Å². The number of carbonyl (C=O) groups is 1. The van der Waals surface area contributed by atoms with E-state index in [0.29, 0.717) is 6.54 Å². The molecule has 0 aliphatic carbocycles. The highest BCUT2D eigenvalue weighted by atomic mass is 16.5. The van der Waals surface area contributed by atoms with Crippen LogP contribution >= 0.6 is 0 Å². The summed E-state index contributed by atoms with van der Waals surface area (Å²) in [6.07, 6.45) is 3.19. The molecule has 0 atom stereocenters. The highest BCUT2D eigenvalue weighted by Crippen LogP contribution is 2.09. The molecule has 1 N–H and O–H groups in total. The van der Waals surface area contributed by atoms with Crippen LogP contribution in [0.25, 0.3) is 0 Å². The van der Waals surface area contributed by atoms with E-state index in [0.717, 1.165) is 6.54 Å². The monoisotopic (exact) mass is 185 g/mol. The molecule has 3 nitrogen and oxygen atoms in total. The molecule has 0 spiro atoms. The molecular formula is C10H19NO2. The Balaban J connectivity index is 3.46. The molecule has 3 heteroatoms. The molecule has 0 fully saturated rings. The zero-order valence-corrected chi connectivity index (χ0v) is 8.89. The molecule has 0 saturated carbocycles. The minimum atomic E-state index is -0.308. The molecule has 0 rings (SSSR count). The van der Waals surface area contributed by atoms with Gasteiger partial charge in [0.25, 0.3) is 0 Å². The fraction of sp³-hybridized carbons (Fsp3) is 0.700. The Labute approximate surface area is 80.2 Å². The van der Waals surface area contributed by atoms with Crippen molar-refractivity contribution < 1.29 is 9.53 Å². The van der Waals surface area contributed by atoms with Gasteiger partial charge in [0, 0.05) is 19.2 Å². The number of nitrogens with one attached hydrogen (secondary N) is 1. The van der Waals surface area contributed by atoms with Crippen LogP contribution in [0.2, 0.25) is 0 Å². The Kier molecular flexibility index (Phi) is 5.39. The molecule has 0 radical (unpaired) electrons. The number of esters is 1. The lowest BCUT2D eigenvalue weighted by molar-refractivity contribution is -0.134. The number of hydrogen-bond donors (Lipinski definition) is 1. The summed E-state index contributed by atoms with van der Waals surface area (Å²) in [5, 5.41) is 3.21. The van der Waals surface area contributed by atoms with Crippen molar-refractivity contribution in [2.24, 2.45) is 5.41 Å². The van der Waals surface area contributed by atoms with Crippen LogP contribution in [-0.2, 0) is 9.53 Å². The summed E-state index contributed by atoms with van der Waals surface area (Å²) in [4.78, 5) is 10.6. The second kappa shape index (κ2) is 5.75. The van der Waals surface area contributed by atoms with Crippen molar-refractivity contribution in [1.82, 2.24) is 5.32 Å². The van der Waals surface area contributed by atoms with Crippen LogP contribution in [0.4, 0.5) is 0 Å². The highest BCUT2D eigenvalue weighted by molar-refractivity contribution is 5.81. The van der Waals surface area contributed by atoms with Gasteiger partial charge in [0.05, 0.1) is 7.11 Å². The minimum absolute atomic E-state index is 0.277. The molecule has 0 aromatic rings. The molecule has 0 saturated heterocycles. The summed E-state index contributed by atoms with van der Waals surface area (Å²) in [6, 6.07) is 0. The Bertz CT molecular complexity index is 180. The van der Waals surface area contributed by atoms with Gasteiger partial charge in [-0.2, -0.15) is 0 Å². The van der Waals surface area contributed by atoms with Gasteiger partial charge in [-0.05, 0) is 5.41 Å². The van der Waals surface area contributed by atoms with Crippen molar-refractivity contribution in [3.63, 3.8) is 0 Å². The summed E-state index contributed by atoms with van der Waals surface area (Å²) < 4.78 is 4.44. The SMILES string of the molecule is COC(=O)/C=C/CNCC(C)(C)C. The largest absolute Gasteiger partial charge is 0.466 e. The van der Waals surface area contributed by atoms with Gasteiger partial charge >= 0.3 is 5.97 Å². The third-order valence-electron chi connectivity index (χ3n) is 1.37. The third kappa shape index (κ3) is 9.08. The van der Waals surface area contributed by atoms with Crippen molar-refractivity contribution in [3.05, 3.63) is 12.2 Å². The first kappa shape index (κ1) is 12.2. The number of ether oxygens (including phenoxy) is 1. The Morgan fingerprint density at radius 1 is 1.46 bits per heavy atom. The van der Waals surface area contributed by atoms with Crippen molar-refractivity contribution in [2.75, 3.05) is 20.2 Å². The molecular weight excluding hydrogens is 166 g/mol. The smallest absolute Gasteiger partial charge is 0.330 e. The maximum absolute atomic E-state index is 10.6. The molecule has 0 amide bonds. The highest BCUT2D eigenvalue weighted by Gasteiger charge is 2.07. The average molecular weight is 185 g/mol. The summed E-state index contributed by atoms with van der Waals surface area (Å²) in [7, 11) is 1.37. The number of hydrogen-bond acceptors (Lipinski definition) is 3. The third-order valence-corrected chi connectivity index (χ3v) is 1.37. The molecule has 0 aromatic heterocycles. The molecule has 0 aliphatic rings. The van der Waals surface area contributed by atoms with Crippen molar-refractivity contribution in [1.29, 1.82) is 0 Å². The molecule has 76 valence electrons. The van der Waals surface area contributed by atoms with E-state index < -0.39 is 0 Å². The van der Waals surface area contributed by atoms with E-state index in [9.17, 15) is 4.79 Å². The van der Waals surface area contributed by atoms with E-state index in [1.165, 1.54) is 13.2 Å². The molecule has 0 aliphatic heterocycles. The maximum Gasteiger partial charge on any atom is 0.330 e. The lowest BCUT2D eigenvalue weighted by atomic mass is 9.97. The fourth-order valence-corrected chi connectivity index (χ4v) is 0.754. The normalized spacial score (nSPS) is 12.0. The number of carbonyl (C=O) groups excluding carboxylic acids is 1. The number of rotatable bonds is 4. The van der Waals surface area contributed by atoms with Crippen LogP contribution in [0.3, 0.4) is 0 Å². The van der Waals surface area contributed by atoms with Gasteiger partial charge in [-0.25, -0.2) is 4.79 Å². The Morgan fingerprint density at radius 3 is 2.54 bits per heavy atom. The van der Waals surface area contributed by atoms with Gasteiger partial charge < -0.3 is 10.1 Å². The molecule has 0 bridgehead atoms. The van der Waals surface area contributed by atoms with Crippen molar-refractivity contribution in [3.8, 4) is 0 Å². The second-order valence-corrected chi connectivity index (χ2v) is 4.12. The Hall–Kier alpha value is -0.830. The van der Waals surface area contributed by atoms with Gasteiger partial charge in [0.2, 0.25) is 0 Å². The molecule has 0 heterocycles. The molecule has 0 unspecified atom stereocenters. The summed E-state index contributed by atoms with van der Waals surface area (Å²) in [6.45, 7) is 8.10. The average Bonchev–Trinajstić information content (AvgIpc) is 2.01. The van der Waals surface area contributed by atoms with Crippen molar-refractivity contribution >= 4 is 5.97 Å². The lowest BCUT2D eigenvalue weighted by Crippen LogP contribution is -2.26. The topological polar surface area (TPSA) is 38.3 Å². The quantitative estimate of drug-likeness (QED) is 0.408. The first-order chi connectivity index (χ1) is 5.95. The summed E-state index contributed by atoms with van der Waals surface area (Å²) in [5.74, 6) is -0.308. The predicted molar refractivity (Wildman–Crippen MR) is 53.5 cm³/mol. The predicted octanol–water partition coefficient (Wildman–Crippen LogP) is 1.35. The zero-order chi connectivity index (χ0) is 10.3. The van der Waals surface area contributed by atoms with E-state index in [4.69, 9.17) is 0 Å². The van der Waals surface area contributed by atoms with E-state index in [1.54, 1.807) is 6.08 Å². The fourth-order valence-electron chi connectivity index (χ4n) is 0.754. The van der Waals surface area contributed by atoms with E-state index >= 15 is 0 Å². The van der Waals surface area contributed by atoms with Gasteiger partial charge in [-0.15, -0.1) is 0 Å². The molecule has 0 aromatic carbocycles. The lowest BCUT2D eigenvalue weighted by Gasteiger charge is -2.17. The van der Waals surface area contributed by atoms with Crippen LogP contribution in [0, 0.1) is 5.41 Å². The van der Waals surface area contributed by atoms with Crippen LogP contribution in [-0.4, -0.2) is 26.2 Å². The standard InChI is InChI=1S/C10H19NO2/c1-10(2,3)8-11-7-5-6-9(12)13-4/h5-6,11H,7-8H2,1-4H3/b6-5+. The van der Waals surface area contributed by atoms with Crippen LogP contribution < -0.4 is 5.32 Å². The van der Waals surface area contributed by atoms with Crippen LogP contribution in [0.15, 0.2) is 12.2 Å². The van der Waals surface area contributed by atoms with Gasteiger partial charge in [0.15, 0.2) is 0 Å². The van der Waals surface area contributed by atoms with Crippen LogP contribution in [0.5, 0.6) is 0 Å². The minimum Gasteiger partial charge on any atom is -0.466 e. The summed E-state index contributed by atoms with van der Waals surface area (Å²) in [5.41, 5.74) is 0.277. The van der Waals surface area contributed by atoms with Gasteiger partial charge in [-0.1, -0.05) is 26.8 Å². The van der Waals surface area contributed by atoms with Gasteiger partial charge in [-0.3, -0.25) is 0 Å². The first-order valence-electron chi connectivity index (χ1n) is 4.41. The first-order valence-corrected chi connectivity index (χ1v) is 4.41. The maximum atomic E-state index is 10.6. The van der Waals surface area contributed by atoms with Gasteiger partial charge in [0.1, 0.15) is 0 Å². The van der Waals surface area contributed by atoms with E-state index in [2.05, 4.69) is 30.8 Å². The summed E-state index contributed by atoms with van der Waals surface area (Å²) >= 11 is 0. The number of methoxy groups -OCH3 is 1.